The van der Waals surface area contributed by atoms with Crippen molar-refractivity contribution in [2.45, 2.75) is 39.2 Å². The summed E-state index contributed by atoms with van der Waals surface area (Å²) in [5.74, 6) is 0. The lowest BCUT2D eigenvalue weighted by atomic mass is 10.1. The molecule has 15 heavy (non-hydrogen) atoms. The third kappa shape index (κ3) is 4.06. The van der Waals surface area contributed by atoms with Gasteiger partial charge in [0.25, 0.3) is 0 Å². The zero-order valence-corrected chi connectivity index (χ0v) is 12.3. The first-order chi connectivity index (χ1) is 7.19. The molecular weight excluding hydrogens is 294 g/mol. The summed E-state index contributed by atoms with van der Waals surface area (Å²) < 4.78 is 1.04. The predicted molar refractivity (Wildman–Crippen MR) is 73.0 cm³/mol. The molecule has 0 radical (unpaired) electrons. The molecule has 1 rings (SSSR count). The maximum absolute atomic E-state index is 6.04. The van der Waals surface area contributed by atoms with Crippen LogP contribution in [0.3, 0.4) is 0 Å². The van der Waals surface area contributed by atoms with Gasteiger partial charge in [-0.3, -0.25) is 0 Å². The van der Waals surface area contributed by atoms with Crippen LogP contribution in [0.1, 0.15) is 44.0 Å². The molecule has 0 fully saturated rings. The van der Waals surface area contributed by atoms with Crippen LogP contribution < -0.4 is 5.32 Å². The highest BCUT2D eigenvalue weighted by Crippen LogP contribution is 2.36. The molecule has 1 heterocycles. The maximum Gasteiger partial charge on any atom is 0.0887 e. The predicted octanol–water partition coefficient (Wildman–Crippen LogP) is 5.00. The summed E-state index contributed by atoms with van der Waals surface area (Å²) in [7, 11) is 0. The average Bonchev–Trinajstić information content (AvgIpc) is 2.54. The second kappa shape index (κ2) is 6.89. The van der Waals surface area contributed by atoms with E-state index in [1.54, 1.807) is 11.3 Å². The normalized spacial score (nSPS) is 13.1. The lowest BCUT2D eigenvalue weighted by Crippen LogP contribution is -2.21. The van der Waals surface area contributed by atoms with Gasteiger partial charge >= 0.3 is 0 Å². The Morgan fingerprint density at radius 1 is 1.47 bits per heavy atom. The number of rotatable bonds is 6. The third-order valence-corrected chi connectivity index (χ3v) is 4.81. The molecule has 1 aromatic heterocycles. The van der Waals surface area contributed by atoms with Crippen LogP contribution >= 0.6 is 38.9 Å². The zero-order valence-electron chi connectivity index (χ0n) is 9.15. The van der Waals surface area contributed by atoms with Crippen molar-refractivity contribution in [2.75, 3.05) is 6.54 Å². The maximum atomic E-state index is 6.04. The Balaban J connectivity index is 2.69. The van der Waals surface area contributed by atoms with Crippen molar-refractivity contribution in [3.05, 3.63) is 19.8 Å². The topological polar surface area (TPSA) is 12.0 Å². The van der Waals surface area contributed by atoms with Crippen molar-refractivity contribution in [2.24, 2.45) is 0 Å². The van der Waals surface area contributed by atoms with E-state index in [2.05, 4.69) is 41.2 Å². The summed E-state index contributed by atoms with van der Waals surface area (Å²) in [5, 5.41) is 4.39. The van der Waals surface area contributed by atoms with Crippen LogP contribution in [0.5, 0.6) is 0 Å². The molecule has 0 amide bonds. The Morgan fingerprint density at radius 2 is 2.20 bits per heavy atom. The molecule has 1 N–H and O–H groups in total. The Kier molecular flexibility index (Phi) is 6.20. The second-order valence-electron chi connectivity index (χ2n) is 3.57. The van der Waals surface area contributed by atoms with Gasteiger partial charge in [-0.25, -0.2) is 0 Å². The highest BCUT2D eigenvalue weighted by Gasteiger charge is 2.14. The molecule has 1 atom stereocenters. The van der Waals surface area contributed by atoms with Gasteiger partial charge in [-0.2, -0.15) is 0 Å². The van der Waals surface area contributed by atoms with E-state index in [0.717, 1.165) is 15.4 Å². The summed E-state index contributed by atoms with van der Waals surface area (Å²) in [5.41, 5.74) is 0. The van der Waals surface area contributed by atoms with Crippen LogP contribution in [0, 0.1) is 0 Å². The third-order valence-electron chi connectivity index (χ3n) is 2.23. The van der Waals surface area contributed by atoms with Gasteiger partial charge in [-0.05, 0) is 41.4 Å². The average molecular weight is 311 g/mol. The number of thiophene rings is 1. The number of hydrogen-bond donors (Lipinski definition) is 1. The Hall–Kier alpha value is 0.430. The number of nitrogens with one attached hydrogen (secondary N) is 1. The summed E-state index contributed by atoms with van der Waals surface area (Å²) >= 11 is 11.2. The quantitative estimate of drug-likeness (QED) is 0.779. The molecule has 0 aliphatic carbocycles. The van der Waals surface area contributed by atoms with Crippen molar-refractivity contribution >= 4 is 38.9 Å². The largest absolute Gasteiger partial charge is 0.309 e. The number of halogens is 2. The minimum atomic E-state index is 0.462. The van der Waals surface area contributed by atoms with Crippen molar-refractivity contribution in [3.63, 3.8) is 0 Å². The van der Waals surface area contributed by atoms with Crippen molar-refractivity contribution in [1.29, 1.82) is 0 Å². The van der Waals surface area contributed by atoms with Gasteiger partial charge in [-0.15, -0.1) is 11.3 Å². The molecule has 1 aromatic rings. The van der Waals surface area contributed by atoms with Gasteiger partial charge < -0.3 is 5.32 Å². The van der Waals surface area contributed by atoms with E-state index < -0.39 is 0 Å². The van der Waals surface area contributed by atoms with Crippen molar-refractivity contribution in [1.82, 2.24) is 5.32 Å². The smallest absolute Gasteiger partial charge is 0.0887 e. The van der Waals surface area contributed by atoms with E-state index in [0.29, 0.717) is 6.04 Å². The van der Waals surface area contributed by atoms with E-state index in [1.807, 2.05) is 0 Å². The summed E-state index contributed by atoms with van der Waals surface area (Å²) in [6.45, 7) is 5.47. The SMILES string of the molecule is CCCNC(CCC)c1cc(Cl)c(Br)s1. The molecule has 1 nitrogen and oxygen atoms in total. The molecule has 0 spiro atoms. The fourth-order valence-electron chi connectivity index (χ4n) is 1.49. The second-order valence-corrected chi connectivity index (χ2v) is 6.37. The van der Waals surface area contributed by atoms with Crippen LogP contribution in [0.25, 0.3) is 0 Å². The minimum Gasteiger partial charge on any atom is -0.309 e. The molecule has 1 unspecified atom stereocenters. The van der Waals surface area contributed by atoms with Gasteiger partial charge in [-0.1, -0.05) is 31.9 Å². The summed E-state index contributed by atoms with van der Waals surface area (Å²) in [6, 6.07) is 2.53. The van der Waals surface area contributed by atoms with Gasteiger partial charge in [0.2, 0.25) is 0 Å². The van der Waals surface area contributed by atoms with Gasteiger partial charge in [0.1, 0.15) is 0 Å². The Bertz CT molecular complexity index is 281. The molecule has 0 aromatic carbocycles. The monoisotopic (exact) mass is 309 g/mol. The van der Waals surface area contributed by atoms with Gasteiger partial charge in [0, 0.05) is 10.9 Å². The minimum absolute atomic E-state index is 0.462. The van der Waals surface area contributed by atoms with Crippen LogP contribution in [-0.2, 0) is 0 Å². The molecule has 0 bridgehead atoms. The highest BCUT2D eigenvalue weighted by molar-refractivity contribution is 9.11. The van der Waals surface area contributed by atoms with Crippen molar-refractivity contribution < 1.29 is 0 Å². The molecular formula is C11H17BrClNS. The molecule has 0 saturated heterocycles. The van der Waals surface area contributed by atoms with Crippen LogP contribution in [0.15, 0.2) is 9.85 Å². The summed E-state index contributed by atoms with van der Waals surface area (Å²) in [4.78, 5) is 1.34. The standard InChI is InChI=1S/C11H17BrClNS/c1-3-5-9(14-6-4-2)10-7-8(13)11(12)15-10/h7,9,14H,3-6H2,1-2H3. The number of hydrogen-bond acceptors (Lipinski definition) is 2. The lowest BCUT2D eigenvalue weighted by Gasteiger charge is -2.15. The molecule has 0 aliphatic heterocycles. The van der Waals surface area contributed by atoms with E-state index in [1.165, 1.54) is 24.1 Å². The fourth-order valence-corrected chi connectivity index (χ4v) is 3.34. The first kappa shape index (κ1) is 13.5. The van der Waals surface area contributed by atoms with E-state index in [-0.39, 0.29) is 0 Å². The summed E-state index contributed by atoms with van der Waals surface area (Å²) in [6.07, 6.45) is 3.53. The fraction of sp³-hybridized carbons (Fsp3) is 0.636. The van der Waals surface area contributed by atoms with E-state index in [4.69, 9.17) is 11.6 Å². The van der Waals surface area contributed by atoms with Crippen LogP contribution in [-0.4, -0.2) is 6.54 Å². The molecule has 86 valence electrons. The first-order valence-corrected chi connectivity index (χ1v) is 7.35. The van der Waals surface area contributed by atoms with E-state index >= 15 is 0 Å². The van der Waals surface area contributed by atoms with Crippen molar-refractivity contribution in [3.8, 4) is 0 Å². The van der Waals surface area contributed by atoms with Crippen LogP contribution in [0.4, 0.5) is 0 Å². The highest BCUT2D eigenvalue weighted by atomic mass is 79.9. The first-order valence-electron chi connectivity index (χ1n) is 5.37. The van der Waals surface area contributed by atoms with Crippen LogP contribution in [0.2, 0.25) is 5.02 Å². The molecule has 0 saturated carbocycles. The Morgan fingerprint density at radius 3 is 2.67 bits per heavy atom. The lowest BCUT2D eigenvalue weighted by molar-refractivity contribution is 0.501. The zero-order chi connectivity index (χ0) is 11.3. The van der Waals surface area contributed by atoms with E-state index in [9.17, 15) is 0 Å². The molecule has 0 aliphatic rings. The van der Waals surface area contributed by atoms with Gasteiger partial charge in [0.05, 0.1) is 8.81 Å². The Labute approximate surface area is 109 Å². The molecule has 4 heteroatoms. The van der Waals surface area contributed by atoms with Gasteiger partial charge in [0.15, 0.2) is 0 Å².